The molecule has 0 spiro atoms. The van der Waals surface area contributed by atoms with Crippen LogP contribution in [-0.2, 0) is 5.41 Å². The minimum absolute atomic E-state index is 0.137. The van der Waals surface area contributed by atoms with E-state index in [1.165, 1.54) is 5.56 Å². The second-order valence-electron chi connectivity index (χ2n) is 8.30. The molecule has 3 aromatic rings. The van der Waals surface area contributed by atoms with Gasteiger partial charge in [-0.05, 0) is 72.4 Å². The van der Waals surface area contributed by atoms with Crippen LogP contribution in [0, 0.1) is 0 Å². The maximum absolute atomic E-state index is 9.57. The second-order valence-corrected chi connectivity index (χ2v) is 8.30. The van der Waals surface area contributed by atoms with Crippen LogP contribution >= 0.6 is 0 Å². The van der Waals surface area contributed by atoms with Crippen LogP contribution in [0.3, 0.4) is 0 Å². The van der Waals surface area contributed by atoms with Crippen LogP contribution in [0.4, 0.5) is 5.82 Å². The molecule has 0 unspecified atom stereocenters. The highest BCUT2D eigenvalue weighted by Gasteiger charge is 2.14. The van der Waals surface area contributed by atoms with Crippen molar-refractivity contribution < 1.29 is 5.11 Å². The SMILES string of the molecule is CC(C)Nc1cc(-c2ccc(C(C)(C)C)cc2)cc(-c2ccc(O)cc2)n1. The Bertz CT molecular complexity index is 905. The molecule has 0 saturated heterocycles. The van der Waals surface area contributed by atoms with Gasteiger partial charge in [0.1, 0.15) is 11.6 Å². The third kappa shape index (κ3) is 4.68. The molecule has 0 amide bonds. The van der Waals surface area contributed by atoms with Crippen molar-refractivity contribution in [3.8, 4) is 28.1 Å². The minimum Gasteiger partial charge on any atom is -0.508 e. The summed E-state index contributed by atoms with van der Waals surface area (Å²) in [4.78, 5) is 4.76. The minimum atomic E-state index is 0.137. The molecule has 0 aliphatic rings. The van der Waals surface area contributed by atoms with Crippen molar-refractivity contribution in [3.63, 3.8) is 0 Å². The van der Waals surface area contributed by atoms with Gasteiger partial charge in [-0.15, -0.1) is 0 Å². The lowest BCUT2D eigenvalue weighted by Crippen LogP contribution is -2.11. The molecular formula is C24H28N2O. The van der Waals surface area contributed by atoms with E-state index in [-0.39, 0.29) is 11.2 Å². The largest absolute Gasteiger partial charge is 0.508 e. The first kappa shape index (κ1) is 19.0. The summed E-state index contributed by atoms with van der Waals surface area (Å²) in [5.74, 6) is 1.11. The van der Waals surface area contributed by atoms with Gasteiger partial charge >= 0.3 is 0 Å². The van der Waals surface area contributed by atoms with Crippen molar-refractivity contribution in [2.24, 2.45) is 0 Å². The average molecular weight is 361 g/mol. The van der Waals surface area contributed by atoms with Gasteiger partial charge in [-0.1, -0.05) is 45.0 Å². The van der Waals surface area contributed by atoms with E-state index in [1.807, 2.05) is 12.1 Å². The van der Waals surface area contributed by atoms with Gasteiger partial charge in [-0.2, -0.15) is 0 Å². The van der Waals surface area contributed by atoms with Crippen LogP contribution < -0.4 is 5.32 Å². The van der Waals surface area contributed by atoms with Crippen LogP contribution in [0.25, 0.3) is 22.4 Å². The van der Waals surface area contributed by atoms with Crippen LogP contribution in [0.5, 0.6) is 5.75 Å². The first-order valence-electron chi connectivity index (χ1n) is 9.41. The van der Waals surface area contributed by atoms with E-state index in [0.29, 0.717) is 6.04 Å². The van der Waals surface area contributed by atoms with E-state index < -0.39 is 0 Å². The van der Waals surface area contributed by atoms with Gasteiger partial charge in [0.2, 0.25) is 0 Å². The van der Waals surface area contributed by atoms with E-state index in [1.54, 1.807) is 12.1 Å². The van der Waals surface area contributed by atoms with E-state index >= 15 is 0 Å². The lowest BCUT2D eigenvalue weighted by Gasteiger charge is -2.19. The number of phenols is 1. The van der Waals surface area contributed by atoms with E-state index in [9.17, 15) is 5.11 Å². The maximum Gasteiger partial charge on any atom is 0.127 e. The third-order valence-electron chi connectivity index (χ3n) is 4.51. The fraction of sp³-hybridized carbons (Fsp3) is 0.292. The van der Waals surface area contributed by atoms with Crippen molar-refractivity contribution in [3.05, 3.63) is 66.2 Å². The molecule has 0 bridgehead atoms. The number of anilines is 1. The zero-order chi connectivity index (χ0) is 19.6. The number of hydrogen-bond donors (Lipinski definition) is 2. The summed E-state index contributed by atoms with van der Waals surface area (Å²) in [5, 5.41) is 13.0. The van der Waals surface area contributed by atoms with Crippen molar-refractivity contribution in [2.45, 2.75) is 46.1 Å². The Kier molecular flexibility index (Phi) is 5.22. The quantitative estimate of drug-likeness (QED) is 0.579. The van der Waals surface area contributed by atoms with Crippen molar-refractivity contribution in [1.29, 1.82) is 0 Å². The van der Waals surface area contributed by atoms with E-state index in [0.717, 1.165) is 28.2 Å². The van der Waals surface area contributed by atoms with Crippen molar-refractivity contribution >= 4 is 5.82 Å². The zero-order valence-electron chi connectivity index (χ0n) is 16.7. The topological polar surface area (TPSA) is 45.1 Å². The molecule has 27 heavy (non-hydrogen) atoms. The predicted molar refractivity (Wildman–Crippen MR) is 114 cm³/mol. The fourth-order valence-corrected chi connectivity index (χ4v) is 3.01. The number of hydrogen-bond acceptors (Lipinski definition) is 3. The van der Waals surface area contributed by atoms with Crippen molar-refractivity contribution in [2.75, 3.05) is 5.32 Å². The summed E-state index contributed by atoms with van der Waals surface area (Å²) in [5.41, 5.74) is 5.61. The first-order valence-corrected chi connectivity index (χ1v) is 9.41. The van der Waals surface area contributed by atoms with Crippen LogP contribution in [0.1, 0.15) is 40.2 Å². The molecular weight excluding hydrogens is 332 g/mol. The standard InChI is InChI=1S/C24H28N2O/c1-16(2)25-23-15-19(17-6-10-20(11-7-17)24(3,4)5)14-22(26-23)18-8-12-21(27)13-9-18/h6-16,27H,1-5H3,(H,25,26). The Labute approximate surface area is 162 Å². The molecule has 0 radical (unpaired) electrons. The summed E-state index contributed by atoms with van der Waals surface area (Å²) < 4.78 is 0. The third-order valence-corrected chi connectivity index (χ3v) is 4.51. The number of rotatable bonds is 4. The van der Waals surface area contributed by atoms with Crippen LogP contribution in [0.2, 0.25) is 0 Å². The predicted octanol–water partition coefficient (Wildman–Crippen LogP) is 6.24. The Hall–Kier alpha value is -2.81. The van der Waals surface area contributed by atoms with Gasteiger partial charge in [-0.25, -0.2) is 4.98 Å². The number of aromatic nitrogens is 1. The van der Waals surface area contributed by atoms with Crippen LogP contribution in [-0.4, -0.2) is 16.1 Å². The lowest BCUT2D eigenvalue weighted by atomic mass is 9.86. The lowest BCUT2D eigenvalue weighted by molar-refractivity contribution is 0.475. The molecule has 0 aliphatic heterocycles. The number of benzene rings is 2. The molecule has 3 heteroatoms. The highest BCUT2D eigenvalue weighted by atomic mass is 16.3. The molecule has 1 aromatic heterocycles. The van der Waals surface area contributed by atoms with Gasteiger partial charge in [0, 0.05) is 11.6 Å². The number of nitrogens with one attached hydrogen (secondary N) is 1. The molecule has 0 saturated carbocycles. The van der Waals surface area contributed by atoms with Gasteiger partial charge in [-0.3, -0.25) is 0 Å². The Morgan fingerprint density at radius 2 is 1.41 bits per heavy atom. The number of pyridine rings is 1. The fourth-order valence-electron chi connectivity index (χ4n) is 3.01. The maximum atomic E-state index is 9.57. The Morgan fingerprint density at radius 1 is 0.815 bits per heavy atom. The summed E-state index contributed by atoms with van der Waals surface area (Å²) in [6, 6.07) is 20.4. The number of nitrogens with zero attached hydrogens (tertiary/aromatic N) is 1. The molecule has 0 aliphatic carbocycles. The summed E-state index contributed by atoms with van der Waals surface area (Å²) >= 11 is 0. The van der Waals surface area contributed by atoms with Gasteiger partial charge in [0.15, 0.2) is 0 Å². The monoisotopic (exact) mass is 360 g/mol. The molecule has 0 atom stereocenters. The number of aromatic hydroxyl groups is 1. The average Bonchev–Trinajstić information content (AvgIpc) is 2.61. The summed E-state index contributed by atoms with van der Waals surface area (Å²) in [6.07, 6.45) is 0. The van der Waals surface area contributed by atoms with Crippen LogP contribution in [0.15, 0.2) is 60.7 Å². The Balaban J connectivity index is 2.06. The van der Waals surface area contributed by atoms with Crippen molar-refractivity contribution in [1.82, 2.24) is 4.98 Å². The highest BCUT2D eigenvalue weighted by Crippen LogP contribution is 2.31. The first-order chi connectivity index (χ1) is 12.7. The zero-order valence-corrected chi connectivity index (χ0v) is 16.7. The smallest absolute Gasteiger partial charge is 0.127 e. The van der Waals surface area contributed by atoms with Gasteiger partial charge in [0.05, 0.1) is 5.69 Å². The van der Waals surface area contributed by atoms with Gasteiger partial charge < -0.3 is 10.4 Å². The number of phenolic OH excluding ortho intramolecular Hbond substituents is 1. The molecule has 2 aromatic carbocycles. The summed E-state index contributed by atoms with van der Waals surface area (Å²) in [6.45, 7) is 10.9. The molecule has 3 rings (SSSR count). The molecule has 1 heterocycles. The molecule has 140 valence electrons. The normalized spacial score (nSPS) is 11.6. The van der Waals surface area contributed by atoms with E-state index in [2.05, 4.69) is 76.3 Å². The molecule has 2 N–H and O–H groups in total. The summed E-state index contributed by atoms with van der Waals surface area (Å²) in [7, 11) is 0. The molecule has 3 nitrogen and oxygen atoms in total. The second kappa shape index (κ2) is 7.43. The van der Waals surface area contributed by atoms with Gasteiger partial charge in [0.25, 0.3) is 0 Å². The van der Waals surface area contributed by atoms with E-state index in [4.69, 9.17) is 4.98 Å². The Morgan fingerprint density at radius 3 is 1.96 bits per heavy atom. The highest BCUT2D eigenvalue weighted by molar-refractivity contribution is 5.74. The molecule has 0 fully saturated rings.